The Morgan fingerprint density at radius 3 is 2.67 bits per heavy atom. The molecule has 2 N–H and O–H groups in total. The van der Waals surface area contributed by atoms with Gasteiger partial charge in [-0.05, 0) is 64.9 Å². The van der Waals surface area contributed by atoms with Crippen molar-refractivity contribution in [1.82, 2.24) is 25.0 Å². The fourth-order valence-electron chi connectivity index (χ4n) is 4.31. The summed E-state index contributed by atoms with van der Waals surface area (Å²) in [5.74, 6) is 0.202. The first kappa shape index (κ1) is 25.4. The van der Waals surface area contributed by atoms with E-state index in [2.05, 4.69) is 25.6 Å². The van der Waals surface area contributed by atoms with Gasteiger partial charge in [-0.2, -0.15) is 10.1 Å². The number of aromatic nitrogens is 3. The molecule has 0 aliphatic carbocycles. The summed E-state index contributed by atoms with van der Waals surface area (Å²) in [6, 6.07) is 8.01. The molecule has 0 bridgehead atoms. The van der Waals surface area contributed by atoms with Gasteiger partial charge < -0.3 is 14.8 Å². The maximum Gasteiger partial charge on any atom is 0.326 e. The van der Waals surface area contributed by atoms with Crippen molar-refractivity contribution in [3.63, 3.8) is 0 Å². The molecule has 3 aromatic rings. The maximum atomic E-state index is 13.2. The molecule has 192 valence electrons. The lowest BCUT2D eigenvalue weighted by Crippen LogP contribution is -2.35. The largest absolute Gasteiger partial charge is 0.491 e. The van der Waals surface area contributed by atoms with Crippen LogP contribution in [0.15, 0.2) is 30.3 Å². The Kier molecular flexibility index (Phi) is 8.04. The molecule has 10 nitrogen and oxygen atoms in total. The average molecular weight is 495 g/mol. The Morgan fingerprint density at radius 1 is 1.14 bits per heavy atom. The second-order valence-electron chi connectivity index (χ2n) is 9.27. The summed E-state index contributed by atoms with van der Waals surface area (Å²) in [5, 5.41) is 10.2. The minimum atomic E-state index is -0.663. The quantitative estimate of drug-likeness (QED) is 0.489. The molecule has 1 fully saturated rings. The number of anilines is 1. The second-order valence-corrected chi connectivity index (χ2v) is 9.27. The number of urea groups is 1. The first-order chi connectivity index (χ1) is 17.3. The lowest BCUT2D eigenvalue weighted by atomic mass is 10.1. The lowest BCUT2D eigenvalue weighted by Gasteiger charge is -2.26. The van der Waals surface area contributed by atoms with Crippen LogP contribution < -0.4 is 20.1 Å². The Morgan fingerprint density at radius 2 is 1.92 bits per heavy atom. The van der Waals surface area contributed by atoms with E-state index < -0.39 is 11.9 Å². The molecule has 2 aromatic heterocycles. The van der Waals surface area contributed by atoms with Crippen molar-refractivity contribution >= 4 is 28.7 Å². The van der Waals surface area contributed by atoms with Crippen LogP contribution in [-0.2, 0) is 7.05 Å². The number of rotatable bonds is 8. The van der Waals surface area contributed by atoms with Gasteiger partial charge in [0.2, 0.25) is 5.88 Å². The molecule has 36 heavy (non-hydrogen) atoms. The number of nitrogens with zero attached hydrogens (tertiary/aromatic N) is 4. The normalized spacial score (nSPS) is 14.1. The van der Waals surface area contributed by atoms with Crippen LogP contribution >= 0.6 is 0 Å². The average Bonchev–Trinajstić information content (AvgIpc) is 3.11. The standard InChI is InChI=1S/C26H34N6O4/c1-17(2)36-20-10-8-9-19(15-20)27-26(34)29-24(33)22-16-21-18(3)30-31(4)23(21)28-25(22)35-14-13-32-11-6-5-7-12-32/h8-10,15-17H,5-7,11-14H2,1-4H3,(H2,27,29,33,34). The first-order valence-corrected chi connectivity index (χ1v) is 12.4. The van der Waals surface area contributed by atoms with Crippen LogP contribution in [-0.4, -0.2) is 63.9 Å². The van der Waals surface area contributed by atoms with Gasteiger partial charge in [0, 0.05) is 30.7 Å². The van der Waals surface area contributed by atoms with Gasteiger partial charge in [0.15, 0.2) is 5.65 Å². The summed E-state index contributed by atoms with van der Waals surface area (Å²) in [4.78, 5) is 32.7. The molecule has 1 saturated heterocycles. The van der Waals surface area contributed by atoms with Gasteiger partial charge in [-0.15, -0.1) is 0 Å². The predicted octanol–water partition coefficient (Wildman–Crippen LogP) is 3.89. The van der Waals surface area contributed by atoms with Crippen molar-refractivity contribution in [2.24, 2.45) is 7.05 Å². The topological polar surface area (TPSA) is 111 Å². The van der Waals surface area contributed by atoms with E-state index in [1.807, 2.05) is 20.8 Å². The zero-order chi connectivity index (χ0) is 25.7. The highest BCUT2D eigenvalue weighted by atomic mass is 16.5. The fraction of sp³-hybridized carbons (Fsp3) is 0.462. The van der Waals surface area contributed by atoms with Crippen molar-refractivity contribution < 1.29 is 19.1 Å². The maximum absolute atomic E-state index is 13.2. The molecular formula is C26H34N6O4. The monoisotopic (exact) mass is 494 g/mol. The van der Waals surface area contributed by atoms with Crippen LogP contribution in [0.3, 0.4) is 0 Å². The molecule has 1 aliphatic rings. The van der Waals surface area contributed by atoms with Crippen LogP contribution in [0.1, 0.15) is 49.2 Å². The number of imide groups is 1. The number of carbonyl (C=O) groups excluding carboxylic acids is 2. The summed E-state index contributed by atoms with van der Waals surface area (Å²) < 4.78 is 13.3. The predicted molar refractivity (Wildman–Crippen MR) is 138 cm³/mol. The third-order valence-electron chi connectivity index (χ3n) is 5.99. The number of nitrogens with one attached hydrogen (secondary N) is 2. The zero-order valence-electron chi connectivity index (χ0n) is 21.3. The van der Waals surface area contributed by atoms with Gasteiger partial charge in [-0.3, -0.25) is 19.7 Å². The highest BCUT2D eigenvalue weighted by molar-refractivity contribution is 6.10. The number of aryl methyl sites for hydroxylation is 2. The Balaban J connectivity index is 1.49. The summed E-state index contributed by atoms with van der Waals surface area (Å²) in [5.41, 5.74) is 2.04. The number of pyridine rings is 1. The zero-order valence-corrected chi connectivity index (χ0v) is 21.3. The molecule has 0 saturated carbocycles. The number of likely N-dealkylation sites (tertiary alicyclic amines) is 1. The molecule has 0 spiro atoms. The Bertz CT molecular complexity index is 1230. The summed E-state index contributed by atoms with van der Waals surface area (Å²) >= 11 is 0. The van der Waals surface area contributed by atoms with Gasteiger partial charge in [-0.25, -0.2) is 4.79 Å². The van der Waals surface area contributed by atoms with Gasteiger partial charge in [-0.1, -0.05) is 12.5 Å². The van der Waals surface area contributed by atoms with Crippen molar-refractivity contribution in [3.05, 3.63) is 41.6 Å². The highest BCUT2D eigenvalue weighted by Crippen LogP contribution is 2.25. The van der Waals surface area contributed by atoms with Gasteiger partial charge in [0.1, 0.15) is 17.9 Å². The van der Waals surface area contributed by atoms with Crippen molar-refractivity contribution in [2.45, 2.75) is 46.1 Å². The first-order valence-electron chi connectivity index (χ1n) is 12.4. The molecule has 0 atom stereocenters. The van der Waals surface area contributed by atoms with Crippen LogP contribution in [0.25, 0.3) is 11.0 Å². The molecule has 4 rings (SSSR count). The molecule has 3 heterocycles. The number of amides is 3. The number of carbonyl (C=O) groups is 2. The van der Waals surface area contributed by atoms with Crippen LogP contribution in [0.4, 0.5) is 10.5 Å². The second kappa shape index (κ2) is 11.4. The van der Waals surface area contributed by atoms with E-state index in [0.717, 1.165) is 30.7 Å². The molecule has 0 radical (unpaired) electrons. The summed E-state index contributed by atoms with van der Waals surface area (Å²) in [7, 11) is 1.80. The highest BCUT2D eigenvalue weighted by Gasteiger charge is 2.21. The third kappa shape index (κ3) is 6.31. The van der Waals surface area contributed by atoms with Crippen LogP contribution in [0.2, 0.25) is 0 Å². The Hall–Kier alpha value is -3.66. The van der Waals surface area contributed by atoms with Crippen molar-refractivity contribution in [1.29, 1.82) is 0 Å². The number of hydrogen-bond acceptors (Lipinski definition) is 7. The van der Waals surface area contributed by atoms with Gasteiger partial charge in [0.25, 0.3) is 5.91 Å². The van der Waals surface area contributed by atoms with E-state index >= 15 is 0 Å². The molecule has 1 aliphatic heterocycles. The number of hydrogen-bond donors (Lipinski definition) is 2. The van der Waals surface area contributed by atoms with Gasteiger partial charge in [0.05, 0.1) is 11.8 Å². The molecule has 0 unspecified atom stereocenters. The van der Waals surface area contributed by atoms with Crippen molar-refractivity contribution in [3.8, 4) is 11.6 Å². The van der Waals surface area contributed by atoms with E-state index in [4.69, 9.17) is 9.47 Å². The van der Waals surface area contributed by atoms with E-state index in [1.165, 1.54) is 19.3 Å². The number of benzene rings is 1. The fourth-order valence-corrected chi connectivity index (χ4v) is 4.31. The minimum absolute atomic E-state index is 0.00217. The van der Waals surface area contributed by atoms with Crippen LogP contribution in [0.5, 0.6) is 11.6 Å². The van der Waals surface area contributed by atoms with Gasteiger partial charge >= 0.3 is 6.03 Å². The molecular weight excluding hydrogens is 460 g/mol. The molecule has 3 amide bonds. The van der Waals surface area contributed by atoms with E-state index in [1.54, 1.807) is 42.1 Å². The smallest absolute Gasteiger partial charge is 0.326 e. The van der Waals surface area contributed by atoms with E-state index in [-0.39, 0.29) is 17.5 Å². The van der Waals surface area contributed by atoms with Crippen LogP contribution in [0, 0.1) is 6.92 Å². The minimum Gasteiger partial charge on any atom is -0.491 e. The number of ether oxygens (including phenoxy) is 2. The SMILES string of the molecule is Cc1nn(C)c2nc(OCCN3CCCCC3)c(C(=O)NC(=O)Nc3cccc(OC(C)C)c3)cc12. The third-order valence-corrected chi connectivity index (χ3v) is 5.99. The number of piperidine rings is 1. The number of fused-ring (bicyclic) bond motifs is 1. The van der Waals surface area contributed by atoms with E-state index in [0.29, 0.717) is 23.7 Å². The molecule has 1 aromatic carbocycles. The van der Waals surface area contributed by atoms with Crippen molar-refractivity contribution in [2.75, 3.05) is 31.6 Å². The lowest BCUT2D eigenvalue weighted by molar-refractivity contribution is 0.0961. The Labute approximate surface area is 211 Å². The molecule has 10 heteroatoms. The summed E-state index contributed by atoms with van der Waals surface area (Å²) in [6.07, 6.45) is 3.64. The van der Waals surface area contributed by atoms with E-state index in [9.17, 15) is 9.59 Å². The summed E-state index contributed by atoms with van der Waals surface area (Å²) in [6.45, 7) is 8.94.